The molecular formula is C13H17N3O2. The molecule has 96 valence electrons. The highest BCUT2D eigenvalue weighted by Crippen LogP contribution is 2.15. The summed E-state index contributed by atoms with van der Waals surface area (Å²) in [5, 5.41) is 6.02. The molecule has 0 bridgehead atoms. The molecule has 0 aromatic heterocycles. The largest absolute Gasteiger partial charge is 0.366 e. The lowest BCUT2D eigenvalue weighted by Crippen LogP contribution is -2.37. The number of hydrogen-bond acceptors (Lipinski definition) is 3. The van der Waals surface area contributed by atoms with Gasteiger partial charge in [-0.1, -0.05) is 6.07 Å². The van der Waals surface area contributed by atoms with E-state index in [-0.39, 0.29) is 11.8 Å². The molecule has 0 radical (unpaired) electrons. The highest BCUT2D eigenvalue weighted by Gasteiger charge is 2.20. The predicted octanol–water partition coefficient (Wildman–Crippen LogP) is 0.724. The van der Waals surface area contributed by atoms with Crippen LogP contribution in [0.4, 0.5) is 5.69 Å². The van der Waals surface area contributed by atoms with Crippen LogP contribution in [0.15, 0.2) is 24.3 Å². The molecule has 1 heterocycles. The Kier molecular flexibility index (Phi) is 3.94. The number of nitrogens with one attached hydrogen (secondary N) is 2. The molecule has 0 aliphatic carbocycles. The Morgan fingerprint density at radius 1 is 1.39 bits per heavy atom. The summed E-state index contributed by atoms with van der Waals surface area (Å²) in [6.45, 7) is 1.68. The Morgan fingerprint density at radius 2 is 2.22 bits per heavy atom. The Balaban J connectivity index is 2.02. The van der Waals surface area contributed by atoms with Crippen LogP contribution in [0.25, 0.3) is 0 Å². The Labute approximate surface area is 106 Å². The van der Waals surface area contributed by atoms with Gasteiger partial charge in [-0.2, -0.15) is 0 Å². The van der Waals surface area contributed by atoms with Gasteiger partial charge in [-0.05, 0) is 37.6 Å². The van der Waals surface area contributed by atoms with E-state index in [1.807, 2.05) is 0 Å². The van der Waals surface area contributed by atoms with Crippen LogP contribution in [-0.2, 0) is 4.79 Å². The molecule has 18 heavy (non-hydrogen) atoms. The van der Waals surface area contributed by atoms with Gasteiger partial charge in [-0.15, -0.1) is 0 Å². The van der Waals surface area contributed by atoms with Crippen LogP contribution in [0.5, 0.6) is 0 Å². The topological polar surface area (TPSA) is 84.2 Å². The van der Waals surface area contributed by atoms with Crippen molar-refractivity contribution in [3.05, 3.63) is 29.8 Å². The minimum atomic E-state index is -0.495. The van der Waals surface area contributed by atoms with E-state index >= 15 is 0 Å². The zero-order valence-corrected chi connectivity index (χ0v) is 10.1. The fraction of sp³-hybridized carbons (Fsp3) is 0.385. The number of nitrogens with two attached hydrogens (primary N) is 1. The maximum atomic E-state index is 12.0. The third-order valence-corrected chi connectivity index (χ3v) is 3.08. The molecule has 0 spiro atoms. The molecule has 2 amide bonds. The first-order valence-electron chi connectivity index (χ1n) is 6.08. The maximum absolute atomic E-state index is 12.0. The molecule has 0 unspecified atom stereocenters. The number of piperidine rings is 1. The van der Waals surface area contributed by atoms with E-state index in [1.165, 1.54) is 0 Å². The minimum absolute atomic E-state index is 0.00372. The summed E-state index contributed by atoms with van der Waals surface area (Å²) in [4.78, 5) is 23.0. The van der Waals surface area contributed by atoms with Crippen molar-refractivity contribution in [3.63, 3.8) is 0 Å². The highest BCUT2D eigenvalue weighted by atomic mass is 16.2. The average molecular weight is 247 g/mol. The summed E-state index contributed by atoms with van der Waals surface area (Å²) in [5.74, 6) is -0.509. The number of hydrogen-bond donors (Lipinski definition) is 3. The Hall–Kier alpha value is -1.88. The first kappa shape index (κ1) is 12.6. The lowest BCUT2D eigenvalue weighted by Gasteiger charge is -2.21. The molecule has 0 saturated carbocycles. The highest BCUT2D eigenvalue weighted by molar-refractivity contribution is 5.96. The normalized spacial score (nSPS) is 19.2. The molecule has 5 heteroatoms. The van der Waals surface area contributed by atoms with E-state index in [2.05, 4.69) is 10.6 Å². The summed E-state index contributed by atoms with van der Waals surface area (Å²) >= 11 is 0. The maximum Gasteiger partial charge on any atom is 0.248 e. The lowest BCUT2D eigenvalue weighted by atomic mass is 9.99. The van der Waals surface area contributed by atoms with Crippen LogP contribution in [0, 0.1) is 5.92 Å². The van der Waals surface area contributed by atoms with Gasteiger partial charge < -0.3 is 16.4 Å². The van der Waals surface area contributed by atoms with E-state index in [0.717, 1.165) is 19.4 Å². The molecule has 4 N–H and O–H groups in total. The van der Waals surface area contributed by atoms with Gasteiger partial charge in [-0.3, -0.25) is 9.59 Å². The molecule has 1 fully saturated rings. The minimum Gasteiger partial charge on any atom is -0.366 e. The van der Waals surface area contributed by atoms with E-state index < -0.39 is 5.91 Å². The molecule has 1 aromatic carbocycles. The molecule has 1 aromatic rings. The fourth-order valence-corrected chi connectivity index (χ4v) is 2.07. The second-order valence-electron chi connectivity index (χ2n) is 4.48. The number of anilines is 1. The van der Waals surface area contributed by atoms with Gasteiger partial charge in [0.25, 0.3) is 0 Å². The van der Waals surface area contributed by atoms with E-state index in [9.17, 15) is 9.59 Å². The first-order valence-corrected chi connectivity index (χ1v) is 6.08. The lowest BCUT2D eigenvalue weighted by molar-refractivity contribution is -0.120. The molecule has 1 saturated heterocycles. The second kappa shape index (κ2) is 5.64. The fourth-order valence-electron chi connectivity index (χ4n) is 2.07. The first-order chi connectivity index (χ1) is 8.66. The van der Waals surface area contributed by atoms with Crippen LogP contribution < -0.4 is 16.4 Å². The van der Waals surface area contributed by atoms with Crippen molar-refractivity contribution in [2.75, 3.05) is 18.4 Å². The molecule has 1 atom stereocenters. The van der Waals surface area contributed by atoms with Crippen LogP contribution >= 0.6 is 0 Å². The predicted molar refractivity (Wildman–Crippen MR) is 69.2 cm³/mol. The van der Waals surface area contributed by atoms with Gasteiger partial charge in [0.15, 0.2) is 0 Å². The van der Waals surface area contributed by atoms with Crippen molar-refractivity contribution in [3.8, 4) is 0 Å². The van der Waals surface area contributed by atoms with Gasteiger partial charge in [0.2, 0.25) is 11.8 Å². The van der Waals surface area contributed by atoms with Crippen molar-refractivity contribution < 1.29 is 9.59 Å². The Morgan fingerprint density at radius 3 is 2.89 bits per heavy atom. The smallest absolute Gasteiger partial charge is 0.248 e. The monoisotopic (exact) mass is 247 g/mol. The van der Waals surface area contributed by atoms with Crippen LogP contribution in [-0.4, -0.2) is 24.9 Å². The number of primary amides is 1. The van der Waals surface area contributed by atoms with E-state index in [4.69, 9.17) is 5.73 Å². The summed E-state index contributed by atoms with van der Waals surface area (Å²) in [6, 6.07) is 6.67. The van der Waals surface area contributed by atoms with Crippen molar-refractivity contribution in [1.82, 2.24) is 5.32 Å². The zero-order valence-electron chi connectivity index (χ0n) is 10.1. The number of amides is 2. The van der Waals surface area contributed by atoms with Crippen LogP contribution in [0.3, 0.4) is 0 Å². The summed E-state index contributed by atoms with van der Waals surface area (Å²) in [7, 11) is 0. The number of benzene rings is 1. The SMILES string of the molecule is NC(=O)c1cccc(NC(=O)[C@H]2CCCNC2)c1. The third kappa shape index (κ3) is 3.07. The van der Waals surface area contributed by atoms with Gasteiger partial charge in [0, 0.05) is 17.8 Å². The van der Waals surface area contributed by atoms with Crippen LogP contribution in [0.2, 0.25) is 0 Å². The Bertz CT molecular complexity index is 453. The summed E-state index contributed by atoms with van der Waals surface area (Å²) < 4.78 is 0. The standard InChI is InChI=1S/C13H17N3O2/c14-12(17)9-3-1-5-11(7-9)16-13(18)10-4-2-6-15-8-10/h1,3,5,7,10,15H,2,4,6,8H2,(H2,14,17)(H,16,18)/t10-/m0/s1. The summed E-state index contributed by atoms with van der Waals surface area (Å²) in [6.07, 6.45) is 1.91. The van der Waals surface area contributed by atoms with Gasteiger partial charge in [0.05, 0.1) is 5.92 Å². The van der Waals surface area contributed by atoms with Crippen molar-refractivity contribution >= 4 is 17.5 Å². The van der Waals surface area contributed by atoms with Gasteiger partial charge in [-0.25, -0.2) is 0 Å². The van der Waals surface area contributed by atoms with Crippen molar-refractivity contribution in [1.29, 1.82) is 0 Å². The molecule has 2 rings (SSSR count). The van der Waals surface area contributed by atoms with E-state index in [0.29, 0.717) is 17.8 Å². The molecule has 5 nitrogen and oxygen atoms in total. The third-order valence-electron chi connectivity index (χ3n) is 3.08. The van der Waals surface area contributed by atoms with Gasteiger partial charge >= 0.3 is 0 Å². The second-order valence-corrected chi connectivity index (χ2v) is 4.48. The van der Waals surface area contributed by atoms with Crippen molar-refractivity contribution in [2.24, 2.45) is 11.7 Å². The van der Waals surface area contributed by atoms with E-state index in [1.54, 1.807) is 24.3 Å². The summed E-state index contributed by atoms with van der Waals surface area (Å²) in [5.41, 5.74) is 6.21. The number of carbonyl (C=O) groups excluding carboxylic acids is 2. The number of rotatable bonds is 3. The molecule has 1 aliphatic heterocycles. The quantitative estimate of drug-likeness (QED) is 0.736. The number of carbonyl (C=O) groups is 2. The molecule has 1 aliphatic rings. The van der Waals surface area contributed by atoms with Crippen molar-refractivity contribution in [2.45, 2.75) is 12.8 Å². The molecular weight excluding hydrogens is 230 g/mol. The average Bonchev–Trinajstić information content (AvgIpc) is 2.40. The van der Waals surface area contributed by atoms with Gasteiger partial charge in [0.1, 0.15) is 0 Å². The van der Waals surface area contributed by atoms with Crippen LogP contribution in [0.1, 0.15) is 23.2 Å². The zero-order chi connectivity index (χ0) is 13.0.